The highest BCUT2D eigenvalue weighted by Gasteiger charge is 2.22. The maximum absolute atomic E-state index is 14.7. The Morgan fingerprint density at radius 2 is 1.89 bits per heavy atom. The molecule has 0 bridgehead atoms. The van der Waals surface area contributed by atoms with Crippen LogP contribution in [0.15, 0.2) is 79.1 Å². The monoisotopic (exact) mass is 365 g/mol. The van der Waals surface area contributed by atoms with Gasteiger partial charge in [0.05, 0.1) is 0 Å². The number of alkyl halides is 1. The van der Waals surface area contributed by atoms with Gasteiger partial charge in [0.1, 0.15) is 6.17 Å². The van der Waals surface area contributed by atoms with Crippen molar-refractivity contribution < 1.29 is 4.39 Å². The molecular formula is C25H32FN. The zero-order valence-corrected chi connectivity index (χ0v) is 16.6. The summed E-state index contributed by atoms with van der Waals surface area (Å²) in [7, 11) is 1.82. The maximum atomic E-state index is 14.7. The van der Waals surface area contributed by atoms with Crippen molar-refractivity contribution in [3.8, 4) is 0 Å². The van der Waals surface area contributed by atoms with Crippen LogP contribution in [-0.2, 0) is 12.8 Å². The van der Waals surface area contributed by atoms with Crippen LogP contribution >= 0.6 is 0 Å². The molecule has 2 rings (SSSR count). The minimum atomic E-state index is -0.984. The summed E-state index contributed by atoms with van der Waals surface area (Å²) in [6.45, 7) is 5.85. The van der Waals surface area contributed by atoms with Gasteiger partial charge in [-0.15, -0.1) is 0 Å². The summed E-state index contributed by atoms with van der Waals surface area (Å²) in [5, 5.41) is 3.02. The second-order valence-electron chi connectivity index (χ2n) is 6.98. The molecule has 1 nitrogen and oxygen atoms in total. The highest BCUT2D eigenvalue weighted by atomic mass is 19.1. The van der Waals surface area contributed by atoms with Crippen LogP contribution in [0.25, 0.3) is 0 Å². The predicted molar refractivity (Wildman–Crippen MR) is 116 cm³/mol. The Hall–Kier alpha value is -2.35. The summed E-state index contributed by atoms with van der Waals surface area (Å²) >= 11 is 0. The largest absolute Gasteiger partial charge is 0.388 e. The second kappa shape index (κ2) is 11.4. The molecule has 1 aliphatic carbocycles. The van der Waals surface area contributed by atoms with Crippen molar-refractivity contribution in [3.05, 3.63) is 95.8 Å². The molecule has 0 spiro atoms. The molecule has 2 unspecified atom stereocenters. The predicted octanol–water partition coefficient (Wildman–Crippen LogP) is 6.36. The molecule has 0 fully saturated rings. The summed E-state index contributed by atoms with van der Waals surface area (Å²) in [5.41, 5.74) is 4.57. The summed E-state index contributed by atoms with van der Waals surface area (Å²) in [4.78, 5) is 0. The van der Waals surface area contributed by atoms with Gasteiger partial charge < -0.3 is 5.32 Å². The molecule has 0 radical (unpaired) electrons. The molecule has 0 heterocycles. The van der Waals surface area contributed by atoms with Crippen molar-refractivity contribution in [1.82, 2.24) is 5.32 Å². The number of halogens is 1. The smallest absolute Gasteiger partial charge is 0.131 e. The molecule has 1 aromatic carbocycles. The molecule has 0 amide bonds. The van der Waals surface area contributed by atoms with Crippen molar-refractivity contribution in [2.24, 2.45) is 0 Å². The Balaban J connectivity index is 2.09. The molecule has 0 saturated carbocycles. The zero-order chi connectivity index (χ0) is 19.5. The average molecular weight is 366 g/mol. The van der Waals surface area contributed by atoms with E-state index in [1.807, 2.05) is 31.4 Å². The first-order valence-corrected chi connectivity index (χ1v) is 9.96. The number of benzene rings is 1. The van der Waals surface area contributed by atoms with E-state index in [9.17, 15) is 4.39 Å². The molecule has 1 N–H and O–H groups in total. The number of aryl methyl sites for hydroxylation is 2. The van der Waals surface area contributed by atoms with E-state index in [0.717, 1.165) is 43.4 Å². The highest BCUT2D eigenvalue weighted by Crippen LogP contribution is 2.31. The number of hydrogen-bond donors (Lipinski definition) is 1. The van der Waals surface area contributed by atoms with E-state index in [0.29, 0.717) is 0 Å². The second-order valence-corrected chi connectivity index (χ2v) is 6.98. The van der Waals surface area contributed by atoms with E-state index < -0.39 is 6.17 Å². The quantitative estimate of drug-likeness (QED) is 0.376. The third kappa shape index (κ3) is 6.71. The molecule has 2 atom stereocenters. The number of rotatable bonds is 10. The first-order chi connectivity index (χ1) is 13.2. The Morgan fingerprint density at radius 3 is 2.56 bits per heavy atom. The van der Waals surface area contributed by atoms with Crippen molar-refractivity contribution in [3.63, 3.8) is 0 Å². The van der Waals surface area contributed by atoms with Crippen LogP contribution < -0.4 is 5.32 Å². The maximum Gasteiger partial charge on any atom is 0.131 e. The number of likely N-dealkylation sites (N-methyl/N-ethyl adjacent to an activating group) is 1. The van der Waals surface area contributed by atoms with E-state index in [4.69, 9.17) is 0 Å². The lowest BCUT2D eigenvalue weighted by Gasteiger charge is -2.22. The SMILES string of the molecule is C=C/C=C\C=C\CCCc1cc(CCC)cc(C2C=CC(NC)=CC2F)c1. The van der Waals surface area contributed by atoms with Gasteiger partial charge in [-0.3, -0.25) is 0 Å². The third-order valence-electron chi connectivity index (χ3n) is 4.78. The number of nitrogens with one attached hydrogen (secondary N) is 1. The van der Waals surface area contributed by atoms with Gasteiger partial charge in [0, 0.05) is 18.7 Å². The Kier molecular flexibility index (Phi) is 8.83. The van der Waals surface area contributed by atoms with Crippen LogP contribution in [0.2, 0.25) is 0 Å². The number of allylic oxidation sites excluding steroid dienone is 8. The van der Waals surface area contributed by atoms with Gasteiger partial charge in [-0.2, -0.15) is 0 Å². The summed E-state index contributed by atoms with van der Waals surface area (Å²) < 4.78 is 14.7. The normalized spacial score (nSPS) is 19.6. The molecule has 0 saturated heterocycles. The van der Waals surface area contributed by atoms with E-state index in [1.165, 1.54) is 11.1 Å². The van der Waals surface area contributed by atoms with Gasteiger partial charge >= 0.3 is 0 Å². The molecular weight excluding hydrogens is 333 g/mol. The van der Waals surface area contributed by atoms with E-state index in [1.54, 1.807) is 12.2 Å². The summed E-state index contributed by atoms with van der Waals surface area (Å²) in [6, 6.07) is 6.68. The third-order valence-corrected chi connectivity index (χ3v) is 4.78. The lowest BCUT2D eigenvalue weighted by Crippen LogP contribution is -2.18. The van der Waals surface area contributed by atoms with Crippen LogP contribution in [0.4, 0.5) is 4.39 Å². The van der Waals surface area contributed by atoms with Crippen LogP contribution in [0.3, 0.4) is 0 Å². The Morgan fingerprint density at radius 1 is 1.11 bits per heavy atom. The molecule has 144 valence electrons. The fraction of sp³-hybridized carbons (Fsp3) is 0.360. The first-order valence-electron chi connectivity index (χ1n) is 9.96. The zero-order valence-electron chi connectivity index (χ0n) is 16.6. The van der Waals surface area contributed by atoms with Crippen molar-refractivity contribution in [2.75, 3.05) is 7.05 Å². The minimum Gasteiger partial charge on any atom is -0.388 e. The lowest BCUT2D eigenvalue weighted by molar-refractivity contribution is 0.365. The number of hydrogen-bond acceptors (Lipinski definition) is 1. The first kappa shape index (κ1) is 21.0. The fourth-order valence-electron chi connectivity index (χ4n) is 3.41. The van der Waals surface area contributed by atoms with Gasteiger partial charge in [-0.05, 0) is 54.5 Å². The molecule has 27 heavy (non-hydrogen) atoms. The van der Waals surface area contributed by atoms with Gasteiger partial charge in [0.25, 0.3) is 0 Å². The van der Waals surface area contributed by atoms with Gasteiger partial charge in [0.2, 0.25) is 0 Å². The number of unbranched alkanes of at least 4 members (excludes halogenated alkanes) is 1. The van der Waals surface area contributed by atoms with Crippen LogP contribution in [0.5, 0.6) is 0 Å². The molecule has 1 aromatic rings. The summed E-state index contributed by atoms with van der Waals surface area (Å²) in [6.07, 6.45) is 19.9. The van der Waals surface area contributed by atoms with Crippen molar-refractivity contribution in [1.29, 1.82) is 0 Å². The van der Waals surface area contributed by atoms with E-state index in [-0.39, 0.29) is 5.92 Å². The molecule has 0 aliphatic heterocycles. The Labute approximate surface area is 164 Å². The average Bonchev–Trinajstić information content (AvgIpc) is 2.67. The fourth-order valence-corrected chi connectivity index (χ4v) is 3.41. The minimum absolute atomic E-state index is 0.193. The molecule has 2 heteroatoms. The van der Waals surface area contributed by atoms with Crippen LogP contribution in [0, 0.1) is 0 Å². The van der Waals surface area contributed by atoms with Crippen molar-refractivity contribution >= 4 is 0 Å². The summed E-state index contributed by atoms with van der Waals surface area (Å²) in [5.74, 6) is -0.193. The highest BCUT2D eigenvalue weighted by molar-refractivity contribution is 5.39. The van der Waals surface area contributed by atoms with E-state index in [2.05, 4.69) is 49.2 Å². The van der Waals surface area contributed by atoms with Gasteiger partial charge in [-0.25, -0.2) is 4.39 Å². The van der Waals surface area contributed by atoms with Crippen LogP contribution in [-0.4, -0.2) is 13.2 Å². The van der Waals surface area contributed by atoms with Crippen molar-refractivity contribution in [2.45, 2.75) is 51.1 Å². The molecule has 1 aliphatic rings. The standard InChI is InChI=1S/C25H32FN/c1-4-6-7-8-9-10-11-13-21-16-20(12-5-2)17-22(18-21)24-15-14-23(27-3)19-25(24)26/h4,6-9,14-19,24-25,27H,1,5,10-13H2,2-3H3/b7-6-,9-8+. The van der Waals surface area contributed by atoms with Crippen LogP contribution in [0.1, 0.15) is 48.8 Å². The Bertz CT molecular complexity index is 724. The van der Waals surface area contributed by atoms with Gasteiger partial charge in [0.15, 0.2) is 0 Å². The lowest BCUT2D eigenvalue weighted by atomic mass is 9.87. The molecule has 0 aromatic heterocycles. The van der Waals surface area contributed by atoms with E-state index >= 15 is 0 Å². The topological polar surface area (TPSA) is 12.0 Å². The van der Waals surface area contributed by atoms with Gasteiger partial charge in [-0.1, -0.05) is 74.6 Å².